The van der Waals surface area contributed by atoms with E-state index in [-0.39, 0.29) is 35.3 Å². The summed E-state index contributed by atoms with van der Waals surface area (Å²) >= 11 is 0. The van der Waals surface area contributed by atoms with E-state index in [2.05, 4.69) is 11.3 Å². The lowest BCUT2D eigenvalue weighted by molar-refractivity contribution is -0.128. The van der Waals surface area contributed by atoms with E-state index in [0.717, 1.165) is 30.2 Å². The van der Waals surface area contributed by atoms with Gasteiger partial charge < -0.3 is 9.64 Å². The number of hydrogen-bond acceptors (Lipinski definition) is 4. The fourth-order valence-corrected chi connectivity index (χ4v) is 5.35. The van der Waals surface area contributed by atoms with Gasteiger partial charge in [0.05, 0.1) is 30.0 Å². The molecule has 1 amide bonds. The minimum atomic E-state index is -0.645. The first-order chi connectivity index (χ1) is 16.0. The van der Waals surface area contributed by atoms with Crippen molar-refractivity contribution >= 4 is 11.6 Å². The SMILES string of the molecule is CN1CC2C(c3ccc(F)cc3F)=NC([C@H]3CCO[C@H](c4cnn(C5CC5)c4)C3)=CC2C1=O. The number of allylic oxidation sites excluding steroid dienone is 1. The Balaban J connectivity index is 1.32. The molecule has 0 bridgehead atoms. The molecule has 2 saturated heterocycles. The van der Waals surface area contributed by atoms with Gasteiger partial charge in [0.25, 0.3) is 0 Å². The fraction of sp³-hybridized carbons (Fsp3) is 0.480. The quantitative estimate of drug-likeness (QED) is 0.703. The molecule has 1 aromatic heterocycles. The third-order valence-electron chi connectivity index (χ3n) is 7.34. The molecule has 2 aromatic rings. The van der Waals surface area contributed by atoms with Crippen LogP contribution in [0.1, 0.15) is 49.0 Å². The molecule has 3 fully saturated rings. The summed E-state index contributed by atoms with van der Waals surface area (Å²) in [5.74, 6) is -1.78. The highest BCUT2D eigenvalue weighted by atomic mass is 19.1. The first-order valence-corrected chi connectivity index (χ1v) is 11.6. The summed E-state index contributed by atoms with van der Waals surface area (Å²) in [6.07, 6.45) is 9.70. The van der Waals surface area contributed by atoms with Crippen LogP contribution in [0.25, 0.3) is 0 Å². The van der Waals surface area contributed by atoms with Gasteiger partial charge in [-0.1, -0.05) is 0 Å². The third-order valence-corrected chi connectivity index (χ3v) is 7.34. The topological polar surface area (TPSA) is 59.7 Å². The Labute approximate surface area is 190 Å². The number of aromatic nitrogens is 2. The number of rotatable bonds is 4. The lowest BCUT2D eigenvalue weighted by Gasteiger charge is -2.32. The van der Waals surface area contributed by atoms with Gasteiger partial charge >= 0.3 is 0 Å². The number of fused-ring (bicyclic) bond motifs is 1. The van der Waals surface area contributed by atoms with Crippen molar-refractivity contribution in [1.29, 1.82) is 0 Å². The second-order valence-electron chi connectivity index (χ2n) is 9.63. The first-order valence-electron chi connectivity index (χ1n) is 11.6. The standard InChI is InChI=1S/C25H26F2N4O2/c1-30-13-20-19(25(30)32)10-22(29-24(20)18-5-2-16(26)9-21(18)27)14-6-7-33-23(8-14)15-11-28-31(12-15)17-3-4-17/h2,5,9-12,14,17,19-20,23H,3-4,6-8,13H2,1H3/t14-,19?,20?,23-/m0/s1. The lowest BCUT2D eigenvalue weighted by Crippen LogP contribution is -2.30. The van der Waals surface area contributed by atoms with Crippen LogP contribution in [0.2, 0.25) is 0 Å². The zero-order valence-corrected chi connectivity index (χ0v) is 18.5. The molecule has 6 rings (SSSR count). The Morgan fingerprint density at radius 3 is 2.82 bits per heavy atom. The average molecular weight is 453 g/mol. The predicted molar refractivity (Wildman–Crippen MR) is 118 cm³/mol. The van der Waals surface area contributed by atoms with Gasteiger partial charge in [-0.2, -0.15) is 5.10 Å². The Morgan fingerprint density at radius 1 is 1.18 bits per heavy atom. The molecule has 0 spiro atoms. The number of nitrogens with zero attached hydrogens (tertiary/aromatic N) is 4. The van der Waals surface area contributed by atoms with Gasteiger partial charge in [-0.05, 0) is 43.9 Å². The van der Waals surface area contributed by atoms with E-state index in [0.29, 0.717) is 24.9 Å². The largest absolute Gasteiger partial charge is 0.373 e. The molecule has 4 aliphatic rings. The van der Waals surface area contributed by atoms with Gasteiger partial charge in [0.1, 0.15) is 11.6 Å². The summed E-state index contributed by atoms with van der Waals surface area (Å²) in [6.45, 7) is 1.05. The summed E-state index contributed by atoms with van der Waals surface area (Å²) in [5.41, 5.74) is 2.68. The number of likely N-dealkylation sites (tertiary alicyclic amines) is 1. The van der Waals surface area contributed by atoms with Crippen LogP contribution in [0.5, 0.6) is 0 Å². The van der Waals surface area contributed by atoms with Crippen LogP contribution in [-0.4, -0.2) is 46.5 Å². The van der Waals surface area contributed by atoms with Crippen molar-refractivity contribution < 1.29 is 18.3 Å². The van der Waals surface area contributed by atoms with Crippen LogP contribution >= 0.6 is 0 Å². The zero-order chi connectivity index (χ0) is 22.7. The first kappa shape index (κ1) is 20.7. The van der Waals surface area contributed by atoms with Crippen molar-refractivity contribution in [3.05, 3.63) is 65.1 Å². The zero-order valence-electron chi connectivity index (χ0n) is 18.5. The maximum atomic E-state index is 14.7. The summed E-state index contributed by atoms with van der Waals surface area (Å²) in [4.78, 5) is 19.5. The minimum absolute atomic E-state index is 0.0155. The fourth-order valence-electron chi connectivity index (χ4n) is 5.35. The predicted octanol–water partition coefficient (Wildman–Crippen LogP) is 4.06. The van der Waals surface area contributed by atoms with Crippen LogP contribution < -0.4 is 0 Å². The molecule has 4 heterocycles. The highest BCUT2D eigenvalue weighted by Crippen LogP contribution is 2.42. The van der Waals surface area contributed by atoms with Gasteiger partial charge in [0.15, 0.2) is 0 Å². The number of halogens is 2. The molecule has 1 saturated carbocycles. The summed E-state index contributed by atoms with van der Waals surface area (Å²) < 4.78 is 36.4. The van der Waals surface area contributed by atoms with Crippen molar-refractivity contribution in [2.75, 3.05) is 20.2 Å². The number of carbonyl (C=O) groups excluding carboxylic acids is 1. The van der Waals surface area contributed by atoms with Crippen LogP contribution in [-0.2, 0) is 9.53 Å². The molecular formula is C25H26F2N4O2. The number of aliphatic imine (C=N–C) groups is 1. The van der Waals surface area contributed by atoms with E-state index in [9.17, 15) is 13.6 Å². The number of ether oxygens (including phenoxy) is 1. The van der Waals surface area contributed by atoms with Gasteiger partial charge in [-0.3, -0.25) is 14.5 Å². The van der Waals surface area contributed by atoms with Crippen molar-refractivity contribution in [2.45, 2.75) is 37.8 Å². The maximum Gasteiger partial charge on any atom is 0.230 e. The molecular weight excluding hydrogens is 426 g/mol. The number of hydrogen-bond donors (Lipinski definition) is 0. The molecule has 2 unspecified atom stereocenters. The highest BCUT2D eigenvalue weighted by molar-refractivity contribution is 6.07. The second-order valence-corrected chi connectivity index (χ2v) is 9.63. The normalized spacial score (nSPS) is 29.7. The van der Waals surface area contributed by atoms with Crippen LogP contribution in [0.15, 0.2) is 47.4 Å². The molecule has 0 N–H and O–H groups in total. The monoisotopic (exact) mass is 452 g/mol. The minimum Gasteiger partial charge on any atom is -0.373 e. The smallest absolute Gasteiger partial charge is 0.230 e. The second kappa shape index (κ2) is 7.87. The maximum absolute atomic E-state index is 14.7. The Morgan fingerprint density at radius 2 is 2.03 bits per heavy atom. The summed E-state index contributed by atoms with van der Waals surface area (Å²) in [6, 6.07) is 4.08. The van der Waals surface area contributed by atoms with Crippen LogP contribution in [0.4, 0.5) is 8.78 Å². The van der Waals surface area contributed by atoms with Crippen molar-refractivity contribution in [2.24, 2.45) is 22.7 Å². The molecule has 6 nitrogen and oxygen atoms in total. The molecule has 1 aliphatic carbocycles. The van der Waals surface area contributed by atoms with E-state index < -0.39 is 11.6 Å². The number of carbonyl (C=O) groups is 1. The van der Waals surface area contributed by atoms with E-state index in [4.69, 9.17) is 9.73 Å². The molecule has 172 valence electrons. The highest BCUT2D eigenvalue weighted by Gasteiger charge is 2.44. The molecule has 4 atom stereocenters. The van der Waals surface area contributed by atoms with Crippen molar-refractivity contribution in [3.63, 3.8) is 0 Å². The Kier molecular flexibility index (Phi) is 4.94. The van der Waals surface area contributed by atoms with Crippen molar-refractivity contribution in [3.8, 4) is 0 Å². The van der Waals surface area contributed by atoms with Crippen molar-refractivity contribution in [1.82, 2.24) is 14.7 Å². The van der Waals surface area contributed by atoms with Gasteiger partial charge in [-0.25, -0.2) is 8.78 Å². The number of benzene rings is 1. The Hall–Kier alpha value is -2.87. The van der Waals surface area contributed by atoms with E-state index in [1.165, 1.54) is 25.0 Å². The number of amides is 1. The molecule has 0 radical (unpaired) electrons. The molecule has 8 heteroatoms. The van der Waals surface area contributed by atoms with Gasteiger partial charge in [0.2, 0.25) is 5.91 Å². The molecule has 33 heavy (non-hydrogen) atoms. The van der Waals surface area contributed by atoms with E-state index in [1.807, 2.05) is 17.0 Å². The molecule has 1 aromatic carbocycles. The van der Waals surface area contributed by atoms with Gasteiger partial charge in [-0.15, -0.1) is 0 Å². The third kappa shape index (κ3) is 3.70. The summed E-state index contributed by atoms with van der Waals surface area (Å²) in [7, 11) is 1.76. The molecule has 3 aliphatic heterocycles. The van der Waals surface area contributed by atoms with Gasteiger partial charge in [0, 0.05) is 61.1 Å². The summed E-state index contributed by atoms with van der Waals surface area (Å²) in [5, 5.41) is 4.49. The Bertz CT molecular complexity index is 1170. The average Bonchev–Trinajstić information content (AvgIpc) is 3.47. The van der Waals surface area contributed by atoms with E-state index >= 15 is 0 Å². The van der Waals surface area contributed by atoms with Crippen LogP contribution in [0.3, 0.4) is 0 Å². The van der Waals surface area contributed by atoms with E-state index in [1.54, 1.807) is 11.9 Å². The lowest BCUT2D eigenvalue weighted by atomic mass is 9.81. The van der Waals surface area contributed by atoms with Crippen LogP contribution in [0, 0.1) is 29.4 Å².